The van der Waals surface area contributed by atoms with E-state index in [1.807, 2.05) is 6.07 Å². The first-order valence-electron chi connectivity index (χ1n) is 7.49. The van der Waals surface area contributed by atoms with Crippen molar-refractivity contribution in [2.45, 2.75) is 38.3 Å². The second-order valence-corrected chi connectivity index (χ2v) is 5.82. The van der Waals surface area contributed by atoms with Crippen molar-refractivity contribution in [3.63, 3.8) is 0 Å². The summed E-state index contributed by atoms with van der Waals surface area (Å²) in [7, 11) is 0. The second-order valence-electron chi connectivity index (χ2n) is 5.82. The van der Waals surface area contributed by atoms with E-state index in [-0.39, 0.29) is 0 Å². The third-order valence-corrected chi connectivity index (χ3v) is 4.47. The van der Waals surface area contributed by atoms with Gasteiger partial charge in [-0.05, 0) is 38.4 Å². The zero-order valence-electron chi connectivity index (χ0n) is 11.6. The Kier molecular flexibility index (Phi) is 3.99. The van der Waals surface area contributed by atoms with Gasteiger partial charge in [0.1, 0.15) is 5.82 Å². The van der Waals surface area contributed by atoms with E-state index in [4.69, 9.17) is 5.73 Å². The molecule has 3 rings (SSSR count). The Morgan fingerprint density at radius 1 is 1.21 bits per heavy atom. The topological polar surface area (TPSA) is 45.4 Å². The van der Waals surface area contributed by atoms with Crippen LogP contribution in [0, 0.1) is 0 Å². The van der Waals surface area contributed by atoms with Crippen molar-refractivity contribution in [3.05, 3.63) is 23.9 Å². The summed E-state index contributed by atoms with van der Waals surface area (Å²) in [5.41, 5.74) is 7.10. The van der Waals surface area contributed by atoms with Gasteiger partial charge in [-0.25, -0.2) is 4.98 Å². The van der Waals surface area contributed by atoms with Crippen LogP contribution in [0.5, 0.6) is 0 Å². The number of nitrogens with zero attached hydrogens (tertiary/aromatic N) is 3. The lowest BCUT2D eigenvalue weighted by atomic mass is 10.1. The molecule has 0 radical (unpaired) electrons. The Morgan fingerprint density at radius 3 is 2.84 bits per heavy atom. The smallest absolute Gasteiger partial charge is 0.127 e. The molecule has 1 aromatic rings. The molecule has 0 amide bonds. The van der Waals surface area contributed by atoms with Gasteiger partial charge in [0.25, 0.3) is 0 Å². The Morgan fingerprint density at radius 2 is 2.05 bits per heavy atom. The highest BCUT2D eigenvalue weighted by atomic mass is 15.3. The molecule has 1 aromatic heterocycles. The van der Waals surface area contributed by atoms with Crippen LogP contribution in [0.3, 0.4) is 0 Å². The van der Waals surface area contributed by atoms with E-state index in [0.717, 1.165) is 12.6 Å². The molecular weight excluding hydrogens is 236 g/mol. The fraction of sp³-hybridized carbons (Fsp3) is 0.667. The van der Waals surface area contributed by atoms with Crippen LogP contribution in [-0.2, 0) is 6.54 Å². The standard InChI is InChI=1S/C15H24N4/c16-15-13(5-4-7-17-15)11-18-10-6-14(12-18)19-8-2-1-3-9-19/h4-5,7,14H,1-3,6,8-12H2,(H2,16,17)/t14-/m1/s1. The van der Waals surface area contributed by atoms with Crippen LogP contribution in [0.4, 0.5) is 5.82 Å². The number of anilines is 1. The van der Waals surface area contributed by atoms with Crippen molar-refractivity contribution in [2.75, 3.05) is 31.9 Å². The molecule has 19 heavy (non-hydrogen) atoms. The van der Waals surface area contributed by atoms with Gasteiger partial charge in [-0.2, -0.15) is 0 Å². The summed E-state index contributed by atoms with van der Waals surface area (Å²) in [5.74, 6) is 0.684. The molecule has 0 aliphatic carbocycles. The average molecular weight is 260 g/mol. The summed E-state index contributed by atoms with van der Waals surface area (Å²) in [6.07, 6.45) is 7.25. The van der Waals surface area contributed by atoms with E-state index in [2.05, 4.69) is 20.9 Å². The lowest BCUT2D eigenvalue weighted by Gasteiger charge is -2.32. The first-order chi connectivity index (χ1) is 9.33. The molecule has 4 heteroatoms. The van der Waals surface area contributed by atoms with Gasteiger partial charge < -0.3 is 5.73 Å². The monoisotopic (exact) mass is 260 g/mol. The van der Waals surface area contributed by atoms with E-state index in [0.29, 0.717) is 5.82 Å². The molecule has 0 unspecified atom stereocenters. The highest BCUT2D eigenvalue weighted by Crippen LogP contribution is 2.22. The number of nitrogen functional groups attached to an aromatic ring is 1. The lowest BCUT2D eigenvalue weighted by molar-refractivity contribution is 0.161. The number of rotatable bonds is 3. The molecule has 2 fully saturated rings. The molecule has 0 bridgehead atoms. The molecule has 4 nitrogen and oxygen atoms in total. The minimum Gasteiger partial charge on any atom is -0.383 e. The van der Waals surface area contributed by atoms with Crippen LogP contribution < -0.4 is 5.73 Å². The van der Waals surface area contributed by atoms with Crippen molar-refractivity contribution in [1.82, 2.24) is 14.8 Å². The van der Waals surface area contributed by atoms with E-state index in [1.54, 1.807) is 6.20 Å². The van der Waals surface area contributed by atoms with Crippen molar-refractivity contribution in [2.24, 2.45) is 0 Å². The van der Waals surface area contributed by atoms with Crippen molar-refractivity contribution in [1.29, 1.82) is 0 Å². The molecule has 104 valence electrons. The molecule has 0 saturated carbocycles. The van der Waals surface area contributed by atoms with Crippen molar-refractivity contribution < 1.29 is 0 Å². The van der Waals surface area contributed by atoms with Gasteiger partial charge in [-0.3, -0.25) is 9.80 Å². The molecule has 2 N–H and O–H groups in total. The van der Waals surface area contributed by atoms with E-state index in [1.165, 1.54) is 57.4 Å². The number of nitrogens with two attached hydrogens (primary N) is 1. The van der Waals surface area contributed by atoms with Crippen LogP contribution in [-0.4, -0.2) is 47.0 Å². The SMILES string of the molecule is Nc1ncccc1CN1CC[C@@H](N2CCCCC2)C1. The molecule has 1 atom stereocenters. The number of likely N-dealkylation sites (tertiary alicyclic amines) is 2. The summed E-state index contributed by atoms with van der Waals surface area (Å²) in [5, 5.41) is 0. The van der Waals surface area contributed by atoms with Gasteiger partial charge in [0, 0.05) is 37.4 Å². The minimum atomic E-state index is 0.684. The average Bonchev–Trinajstić information content (AvgIpc) is 2.91. The lowest BCUT2D eigenvalue weighted by Crippen LogP contribution is -2.40. The number of piperidine rings is 1. The third-order valence-electron chi connectivity index (χ3n) is 4.47. The summed E-state index contributed by atoms with van der Waals surface area (Å²) in [4.78, 5) is 9.38. The van der Waals surface area contributed by atoms with Crippen LogP contribution in [0.25, 0.3) is 0 Å². The second kappa shape index (κ2) is 5.88. The molecule has 2 aliphatic heterocycles. The number of hydrogen-bond donors (Lipinski definition) is 1. The van der Waals surface area contributed by atoms with E-state index >= 15 is 0 Å². The van der Waals surface area contributed by atoms with Gasteiger partial charge in [-0.15, -0.1) is 0 Å². The maximum Gasteiger partial charge on any atom is 0.127 e. The Hall–Kier alpha value is -1.13. The number of aromatic nitrogens is 1. The number of pyridine rings is 1. The van der Waals surface area contributed by atoms with Gasteiger partial charge in [0.2, 0.25) is 0 Å². The summed E-state index contributed by atoms with van der Waals surface area (Å²) in [6, 6.07) is 4.83. The Labute approximate surface area is 115 Å². The predicted molar refractivity (Wildman–Crippen MR) is 77.8 cm³/mol. The van der Waals surface area contributed by atoms with Crippen LogP contribution in [0.15, 0.2) is 18.3 Å². The molecule has 2 saturated heterocycles. The molecule has 2 aliphatic rings. The summed E-state index contributed by atoms with van der Waals surface area (Å²) in [6.45, 7) is 5.93. The Balaban J connectivity index is 1.55. The van der Waals surface area contributed by atoms with Gasteiger partial charge in [0.15, 0.2) is 0 Å². The largest absolute Gasteiger partial charge is 0.383 e. The predicted octanol–water partition coefficient (Wildman–Crippen LogP) is 1.72. The Bertz CT molecular complexity index is 414. The van der Waals surface area contributed by atoms with E-state index < -0.39 is 0 Å². The quantitative estimate of drug-likeness (QED) is 0.899. The van der Waals surface area contributed by atoms with Gasteiger partial charge >= 0.3 is 0 Å². The fourth-order valence-corrected chi connectivity index (χ4v) is 3.36. The summed E-state index contributed by atoms with van der Waals surface area (Å²) >= 11 is 0. The van der Waals surface area contributed by atoms with Crippen LogP contribution in [0.1, 0.15) is 31.2 Å². The van der Waals surface area contributed by atoms with Crippen molar-refractivity contribution in [3.8, 4) is 0 Å². The highest BCUT2D eigenvalue weighted by molar-refractivity contribution is 5.38. The third kappa shape index (κ3) is 3.07. The fourth-order valence-electron chi connectivity index (χ4n) is 3.36. The van der Waals surface area contributed by atoms with Gasteiger partial charge in [0.05, 0.1) is 0 Å². The highest BCUT2D eigenvalue weighted by Gasteiger charge is 2.28. The first kappa shape index (κ1) is 12.9. The molecule has 0 spiro atoms. The van der Waals surface area contributed by atoms with Gasteiger partial charge in [-0.1, -0.05) is 12.5 Å². The first-order valence-corrected chi connectivity index (χ1v) is 7.49. The summed E-state index contributed by atoms with van der Waals surface area (Å²) < 4.78 is 0. The van der Waals surface area contributed by atoms with Crippen LogP contribution >= 0.6 is 0 Å². The van der Waals surface area contributed by atoms with Crippen LogP contribution in [0.2, 0.25) is 0 Å². The maximum atomic E-state index is 5.93. The van der Waals surface area contributed by atoms with E-state index in [9.17, 15) is 0 Å². The molecule has 0 aromatic carbocycles. The minimum absolute atomic E-state index is 0.684. The normalized spacial score (nSPS) is 25.8. The maximum absolute atomic E-state index is 5.93. The molecule has 3 heterocycles. The number of hydrogen-bond acceptors (Lipinski definition) is 4. The molecular formula is C15H24N4. The zero-order chi connectivity index (χ0) is 13.1. The van der Waals surface area contributed by atoms with Crippen molar-refractivity contribution >= 4 is 5.82 Å². The zero-order valence-corrected chi connectivity index (χ0v) is 11.6.